The molecule has 0 saturated carbocycles. The summed E-state index contributed by atoms with van der Waals surface area (Å²) < 4.78 is 0. The second-order valence-corrected chi connectivity index (χ2v) is 4.08. The molecule has 1 aliphatic rings. The van der Waals surface area contributed by atoms with Gasteiger partial charge in [-0.3, -0.25) is 14.5 Å². The number of piperazine rings is 1. The molecule has 0 unspecified atom stereocenters. The van der Waals surface area contributed by atoms with Crippen LogP contribution in [0.2, 0.25) is 0 Å². The molecule has 16 heavy (non-hydrogen) atoms. The normalized spacial score (nSPS) is 16.1. The van der Waals surface area contributed by atoms with E-state index >= 15 is 0 Å². The van der Waals surface area contributed by atoms with Crippen LogP contribution in [-0.4, -0.2) is 73.8 Å². The van der Waals surface area contributed by atoms with E-state index in [0.717, 1.165) is 0 Å². The Bertz CT molecular complexity index is 341. The number of carbonyl (C=O) groups is 2. The first-order valence-electron chi connectivity index (χ1n) is 5.17. The zero-order valence-electron chi connectivity index (χ0n) is 9.99. The van der Waals surface area contributed by atoms with Crippen molar-refractivity contribution < 1.29 is 9.59 Å². The van der Waals surface area contributed by atoms with Crippen LogP contribution in [0.5, 0.6) is 0 Å². The third kappa shape index (κ3) is 3.55. The summed E-state index contributed by atoms with van der Waals surface area (Å²) in [7, 11) is 5.51. The average molecular weight is 223 g/mol. The lowest BCUT2D eigenvalue weighted by Crippen LogP contribution is -2.50. The summed E-state index contributed by atoms with van der Waals surface area (Å²) in [5.41, 5.74) is 0. The first-order valence-corrected chi connectivity index (χ1v) is 5.17. The van der Waals surface area contributed by atoms with E-state index in [1.165, 1.54) is 4.90 Å². The number of nitrogens with zero attached hydrogens (tertiary/aromatic N) is 3. The van der Waals surface area contributed by atoms with E-state index in [9.17, 15) is 9.59 Å². The standard InChI is InChI=1S/C11H17N3O2/c1-12(2)6-4-5-10(15)14-8-7-13(3)11(16)9-14/h6-9H2,1-3H3. The highest BCUT2D eigenvalue weighted by Gasteiger charge is 2.23. The lowest BCUT2D eigenvalue weighted by molar-refractivity contribution is -0.141. The van der Waals surface area contributed by atoms with Crippen molar-refractivity contribution in [3.8, 4) is 11.8 Å². The molecule has 0 atom stereocenters. The van der Waals surface area contributed by atoms with Gasteiger partial charge in [0.05, 0.1) is 6.54 Å². The summed E-state index contributed by atoms with van der Waals surface area (Å²) in [5.74, 6) is 5.02. The molecule has 0 N–H and O–H groups in total. The Morgan fingerprint density at radius 3 is 2.69 bits per heavy atom. The SMILES string of the molecule is CN(C)CC#CC(=O)N1CCN(C)C(=O)C1. The molecule has 1 rings (SSSR count). The first-order chi connectivity index (χ1) is 7.50. The summed E-state index contributed by atoms with van der Waals surface area (Å²) in [5, 5.41) is 0. The zero-order valence-corrected chi connectivity index (χ0v) is 9.99. The van der Waals surface area contributed by atoms with Gasteiger partial charge in [0.1, 0.15) is 6.54 Å². The predicted octanol–water partition coefficient (Wildman–Crippen LogP) is -1.15. The van der Waals surface area contributed by atoms with Gasteiger partial charge < -0.3 is 9.80 Å². The van der Waals surface area contributed by atoms with Crippen LogP contribution >= 0.6 is 0 Å². The van der Waals surface area contributed by atoms with Gasteiger partial charge in [-0.1, -0.05) is 5.92 Å². The van der Waals surface area contributed by atoms with Crippen molar-refractivity contribution in [2.75, 3.05) is 47.3 Å². The van der Waals surface area contributed by atoms with E-state index < -0.39 is 0 Å². The van der Waals surface area contributed by atoms with Gasteiger partial charge in [0.25, 0.3) is 5.91 Å². The minimum Gasteiger partial charge on any atom is -0.342 e. The fourth-order valence-electron chi connectivity index (χ4n) is 1.28. The van der Waals surface area contributed by atoms with Crippen molar-refractivity contribution >= 4 is 11.8 Å². The van der Waals surface area contributed by atoms with Crippen LogP contribution in [-0.2, 0) is 9.59 Å². The van der Waals surface area contributed by atoms with Crippen molar-refractivity contribution in [1.29, 1.82) is 0 Å². The van der Waals surface area contributed by atoms with Gasteiger partial charge in [-0.2, -0.15) is 0 Å². The fraction of sp³-hybridized carbons (Fsp3) is 0.636. The van der Waals surface area contributed by atoms with Crippen molar-refractivity contribution in [2.24, 2.45) is 0 Å². The van der Waals surface area contributed by atoms with E-state index in [-0.39, 0.29) is 18.4 Å². The molecular weight excluding hydrogens is 206 g/mol. The number of carbonyl (C=O) groups excluding carboxylic acids is 2. The minimum atomic E-state index is -0.261. The molecule has 0 aliphatic carbocycles. The predicted molar refractivity (Wildman–Crippen MR) is 60.5 cm³/mol. The number of hydrogen-bond donors (Lipinski definition) is 0. The highest BCUT2D eigenvalue weighted by atomic mass is 16.2. The maximum Gasteiger partial charge on any atom is 0.299 e. The van der Waals surface area contributed by atoms with Crippen LogP contribution in [0.3, 0.4) is 0 Å². The molecule has 0 aromatic carbocycles. The Balaban J connectivity index is 2.48. The van der Waals surface area contributed by atoms with Gasteiger partial charge in [0.15, 0.2) is 0 Å². The van der Waals surface area contributed by atoms with Gasteiger partial charge in [-0.25, -0.2) is 0 Å². The van der Waals surface area contributed by atoms with E-state index in [4.69, 9.17) is 0 Å². The summed E-state index contributed by atoms with van der Waals surface area (Å²) in [6, 6.07) is 0. The Kier molecular flexibility index (Phi) is 4.32. The molecule has 0 aromatic rings. The van der Waals surface area contributed by atoms with Gasteiger partial charge in [-0.15, -0.1) is 0 Å². The molecule has 0 radical (unpaired) electrons. The molecule has 5 heteroatoms. The Morgan fingerprint density at radius 2 is 2.12 bits per heavy atom. The van der Waals surface area contributed by atoms with Crippen molar-refractivity contribution in [1.82, 2.24) is 14.7 Å². The largest absolute Gasteiger partial charge is 0.342 e. The number of rotatable bonds is 1. The second kappa shape index (κ2) is 5.52. The quantitative estimate of drug-likeness (QED) is 0.527. The van der Waals surface area contributed by atoms with Crippen LogP contribution < -0.4 is 0 Å². The monoisotopic (exact) mass is 223 g/mol. The molecule has 0 spiro atoms. The topological polar surface area (TPSA) is 43.9 Å². The molecule has 0 aromatic heterocycles. The summed E-state index contributed by atoms with van der Waals surface area (Å²) in [6.07, 6.45) is 0. The molecule has 1 aliphatic heterocycles. The molecule has 2 amide bonds. The average Bonchev–Trinajstić information content (AvgIpc) is 2.21. The first kappa shape index (κ1) is 12.5. The fourth-order valence-corrected chi connectivity index (χ4v) is 1.28. The summed E-state index contributed by atoms with van der Waals surface area (Å²) in [6.45, 7) is 1.84. The molecule has 1 heterocycles. The maximum atomic E-state index is 11.6. The highest BCUT2D eigenvalue weighted by molar-refractivity contribution is 5.96. The minimum absolute atomic E-state index is 0.0333. The molecule has 88 valence electrons. The maximum absolute atomic E-state index is 11.6. The Morgan fingerprint density at radius 1 is 1.44 bits per heavy atom. The van der Waals surface area contributed by atoms with Crippen molar-refractivity contribution in [3.05, 3.63) is 0 Å². The zero-order chi connectivity index (χ0) is 12.1. The van der Waals surface area contributed by atoms with Crippen LogP contribution in [0.1, 0.15) is 0 Å². The summed E-state index contributed by atoms with van der Waals surface area (Å²) in [4.78, 5) is 28.0. The third-order valence-corrected chi connectivity index (χ3v) is 2.34. The number of amides is 2. The van der Waals surface area contributed by atoms with E-state index in [0.29, 0.717) is 19.6 Å². The van der Waals surface area contributed by atoms with E-state index in [2.05, 4.69) is 11.8 Å². The molecule has 5 nitrogen and oxygen atoms in total. The molecular formula is C11H17N3O2. The third-order valence-electron chi connectivity index (χ3n) is 2.34. The number of hydrogen-bond acceptors (Lipinski definition) is 3. The van der Waals surface area contributed by atoms with Crippen LogP contribution in [0.15, 0.2) is 0 Å². The van der Waals surface area contributed by atoms with Crippen LogP contribution in [0, 0.1) is 11.8 Å². The van der Waals surface area contributed by atoms with Crippen molar-refractivity contribution in [2.45, 2.75) is 0 Å². The van der Waals surface area contributed by atoms with Crippen LogP contribution in [0.4, 0.5) is 0 Å². The molecule has 0 bridgehead atoms. The number of likely N-dealkylation sites (N-methyl/N-ethyl adjacent to an activating group) is 1. The van der Waals surface area contributed by atoms with Crippen molar-refractivity contribution in [3.63, 3.8) is 0 Å². The van der Waals surface area contributed by atoms with Gasteiger partial charge in [0, 0.05) is 20.1 Å². The highest BCUT2D eigenvalue weighted by Crippen LogP contribution is 2.00. The van der Waals surface area contributed by atoms with E-state index in [1.807, 2.05) is 19.0 Å². The lowest BCUT2D eigenvalue weighted by atomic mass is 10.3. The van der Waals surface area contributed by atoms with Gasteiger partial charge in [0.2, 0.25) is 5.91 Å². The van der Waals surface area contributed by atoms with E-state index in [1.54, 1.807) is 11.9 Å². The smallest absolute Gasteiger partial charge is 0.299 e. The van der Waals surface area contributed by atoms with Crippen LogP contribution in [0.25, 0.3) is 0 Å². The summed E-state index contributed by atoms with van der Waals surface area (Å²) >= 11 is 0. The van der Waals surface area contributed by atoms with Gasteiger partial charge >= 0.3 is 0 Å². The molecule has 1 fully saturated rings. The second-order valence-electron chi connectivity index (χ2n) is 4.08. The Labute approximate surface area is 96.0 Å². The Hall–Kier alpha value is -1.54. The van der Waals surface area contributed by atoms with Gasteiger partial charge in [-0.05, 0) is 20.0 Å². The lowest BCUT2D eigenvalue weighted by Gasteiger charge is -2.30. The molecule has 1 saturated heterocycles.